The standard InChI is InChI=1S/C11H22N2O/c1-8-6-7-13(5)9(8)10(14)12-11(2,3)4/h8-9H,6-7H2,1-5H3,(H,12,14)/t8?,9-/m0/s1. The molecule has 1 saturated heterocycles. The van der Waals surface area contributed by atoms with Gasteiger partial charge in [0.25, 0.3) is 0 Å². The zero-order valence-corrected chi connectivity index (χ0v) is 9.92. The Kier molecular flexibility index (Phi) is 3.20. The fourth-order valence-electron chi connectivity index (χ4n) is 2.04. The van der Waals surface area contributed by atoms with Gasteiger partial charge in [0.05, 0.1) is 6.04 Å². The van der Waals surface area contributed by atoms with Crippen LogP contribution in [0.2, 0.25) is 0 Å². The summed E-state index contributed by atoms with van der Waals surface area (Å²) in [5.74, 6) is 0.646. The second kappa shape index (κ2) is 3.89. The van der Waals surface area contributed by atoms with Gasteiger partial charge in [-0.1, -0.05) is 6.92 Å². The van der Waals surface area contributed by atoms with Crippen molar-refractivity contribution in [3.63, 3.8) is 0 Å². The zero-order valence-electron chi connectivity index (χ0n) is 9.92. The summed E-state index contributed by atoms with van der Waals surface area (Å²) >= 11 is 0. The van der Waals surface area contributed by atoms with Gasteiger partial charge in [-0.3, -0.25) is 9.69 Å². The van der Waals surface area contributed by atoms with Crippen LogP contribution in [0.1, 0.15) is 34.1 Å². The Bertz CT molecular complexity index is 210. The monoisotopic (exact) mass is 198 g/mol. The molecule has 2 atom stereocenters. The predicted molar refractivity (Wildman–Crippen MR) is 58.1 cm³/mol. The van der Waals surface area contributed by atoms with Gasteiger partial charge in [0.1, 0.15) is 0 Å². The molecule has 82 valence electrons. The van der Waals surface area contributed by atoms with E-state index in [1.807, 2.05) is 27.8 Å². The van der Waals surface area contributed by atoms with E-state index in [1.165, 1.54) is 0 Å². The minimum absolute atomic E-state index is 0.0641. The van der Waals surface area contributed by atoms with Crippen molar-refractivity contribution in [1.82, 2.24) is 10.2 Å². The normalized spacial score (nSPS) is 29.2. The number of hydrogen-bond acceptors (Lipinski definition) is 2. The van der Waals surface area contributed by atoms with Gasteiger partial charge in [-0.15, -0.1) is 0 Å². The molecular formula is C11H22N2O. The minimum atomic E-state index is -0.125. The van der Waals surface area contributed by atoms with Crippen LogP contribution in [-0.2, 0) is 4.79 Å². The summed E-state index contributed by atoms with van der Waals surface area (Å²) in [6, 6.07) is 0.0641. The van der Waals surface area contributed by atoms with Crippen molar-refractivity contribution in [2.75, 3.05) is 13.6 Å². The van der Waals surface area contributed by atoms with Crippen LogP contribution in [0, 0.1) is 5.92 Å². The van der Waals surface area contributed by atoms with E-state index in [0.29, 0.717) is 5.92 Å². The average Bonchev–Trinajstić information content (AvgIpc) is 2.27. The molecule has 14 heavy (non-hydrogen) atoms. The molecule has 0 aromatic carbocycles. The molecule has 0 aromatic rings. The SMILES string of the molecule is CC1CCN(C)[C@@H]1C(=O)NC(C)(C)C. The van der Waals surface area contributed by atoms with E-state index < -0.39 is 0 Å². The molecule has 1 fully saturated rings. The highest BCUT2D eigenvalue weighted by molar-refractivity contribution is 5.83. The van der Waals surface area contributed by atoms with Gasteiger partial charge in [0, 0.05) is 5.54 Å². The van der Waals surface area contributed by atoms with Crippen molar-refractivity contribution in [1.29, 1.82) is 0 Å². The second-order valence-corrected chi connectivity index (χ2v) is 5.43. The maximum Gasteiger partial charge on any atom is 0.238 e. The minimum Gasteiger partial charge on any atom is -0.350 e. The molecule has 1 N–H and O–H groups in total. The first-order chi connectivity index (χ1) is 6.31. The van der Waals surface area contributed by atoms with E-state index in [4.69, 9.17) is 0 Å². The third kappa shape index (κ3) is 2.71. The van der Waals surface area contributed by atoms with Crippen LogP contribution in [0.5, 0.6) is 0 Å². The number of carbonyl (C=O) groups excluding carboxylic acids is 1. The van der Waals surface area contributed by atoms with Gasteiger partial charge in [-0.25, -0.2) is 0 Å². The van der Waals surface area contributed by atoms with E-state index >= 15 is 0 Å². The van der Waals surface area contributed by atoms with Gasteiger partial charge < -0.3 is 5.32 Å². The fourth-order valence-corrected chi connectivity index (χ4v) is 2.04. The molecule has 0 aromatic heterocycles. The van der Waals surface area contributed by atoms with Crippen molar-refractivity contribution >= 4 is 5.91 Å². The first kappa shape index (κ1) is 11.5. The Hall–Kier alpha value is -0.570. The summed E-state index contributed by atoms with van der Waals surface area (Å²) < 4.78 is 0. The molecule has 1 aliphatic rings. The Labute approximate surface area is 86.9 Å². The Balaban J connectivity index is 2.60. The number of likely N-dealkylation sites (tertiary alicyclic amines) is 1. The quantitative estimate of drug-likeness (QED) is 0.687. The summed E-state index contributed by atoms with van der Waals surface area (Å²) in [4.78, 5) is 14.1. The Morgan fingerprint density at radius 1 is 1.43 bits per heavy atom. The van der Waals surface area contributed by atoms with E-state index in [9.17, 15) is 4.79 Å². The number of rotatable bonds is 1. The maximum atomic E-state index is 11.9. The van der Waals surface area contributed by atoms with Crippen molar-refractivity contribution in [3.05, 3.63) is 0 Å². The highest BCUT2D eigenvalue weighted by Gasteiger charge is 2.35. The lowest BCUT2D eigenvalue weighted by Gasteiger charge is -2.27. The second-order valence-electron chi connectivity index (χ2n) is 5.43. The fraction of sp³-hybridized carbons (Fsp3) is 0.909. The number of nitrogens with zero attached hydrogens (tertiary/aromatic N) is 1. The first-order valence-corrected chi connectivity index (χ1v) is 5.33. The van der Waals surface area contributed by atoms with Gasteiger partial charge in [-0.05, 0) is 46.7 Å². The molecule has 1 unspecified atom stereocenters. The lowest BCUT2D eigenvalue weighted by atomic mass is 10.0. The lowest BCUT2D eigenvalue weighted by Crippen LogP contribution is -2.50. The van der Waals surface area contributed by atoms with Crippen molar-refractivity contribution in [3.8, 4) is 0 Å². The smallest absolute Gasteiger partial charge is 0.238 e. The van der Waals surface area contributed by atoms with E-state index in [-0.39, 0.29) is 17.5 Å². The van der Waals surface area contributed by atoms with E-state index in [1.54, 1.807) is 0 Å². The van der Waals surface area contributed by atoms with Crippen LogP contribution in [-0.4, -0.2) is 36.0 Å². The molecule has 3 heteroatoms. The van der Waals surface area contributed by atoms with Crippen LogP contribution in [0.15, 0.2) is 0 Å². The van der Waals surface area contributed by atoms with E-state index in [2.05, 4.69) is 17.1 Å². The molecular weight excluding hydrogens is 176 g/mol. The van der Waals surface area contributed by atoms with Gasteiger partial charge >= 0.3 is 0 Å². The molecule has 0 saturated carbocycles. The van der Waals surface area contributed by atoms with Crippen LogP contribution in [0.3, 0.4) is 0 Å². The molecule has 1 aliphatic heterocycles. The van der Waals surface area contributed by atoms with Crippen molar-refractivity contribution in [2.45, 2.75) is 45.7 Å². The lowest BCUT2D eigenvalue weighted by molar-refractivity contribution is -0.127. The number of hydrogen-bond donors (Lipinski definition) is 1. The van der Waals surface area contributed by atoms with Gasteiger partial charge in [0.15, 0.2) is 0 Å². The van der Waals surface area contributed by atoms with Crippen molar-refractivity contribution in [2.24, 2.45) is 5.92 Å². The Morgan fingerprint density at radius 3 is 2.36 bits per heavy atom. The highest BCUT2D eigenvalue weighted by atomic mass is 16.2. The molecule has 0 radical (unpaired) electrons. The van der Waals surface area contributed by atoms with Gasteiger partial charge in [-0.2, -0.15) is 0 Å². The van der Waals surface area contributed by atoms with E-state index in [0.717, 1.165) is 13.0 Å². The Morgan fingerprint density at radius 2 is 2.00 bits per heavy atom. The third-order valence-electron chi connectivity index (χ3n) is 2.72. The number of likely N-dealkylation sites (N-methyl/N-ethyl adjacent to an activating group) is 1. The highest BCUT2D eigenvalue weighted by Crippen LogP contribution is 2.22. The summed E-state index contributed by atoms with van der Waals surface area (Å²) in [6.45, 7) is 9.24. The zero-order chi connectivity index (χ0) is 10.9. The molecule has 0 bridgehead atoms. The van der Waals surface area contributed by atoms with Crippen LogP contribution in [0.25, 0.3) is 0 Å². The first-order valence-electron chi connectivity index (χ1n) is 5.33. The van der Waals surface area contributed by atoms with Gasteiger partial charge in [0.2, 0.25) is 5.91 Å². The largest absolute Gasteiger partial charge is 0.350 e. The molecule has 0 spiro atoms. The van der Waals surface area contributed by atoms with Crippen LogP contribution < -0.4 is 5.32 Å². The molecule has 1 heterocycles. The van der Waals surface area contributed by atoms with Crippen LogP contribution >= 0.6 is 0 Å². The summed E-state index contributed by atoms with van der Waals surface area (Å²) in [5.41, 5.74) is -0.125. The molecule has 0 aliphatic carbocycles. The van der Waals surface area contributed by atoms with Crippen molar-refractivity contribution < 1.29 is 4.79 Å². The molecule has 1 rings (SSSR count). The number of amides is 1. The summed E-state index contributed by atoms with van der Waals surface area (Å²) in [7, 11) is 2.02. The third-order valence-corrected chi connectivity index (χ3v) is 2.72. The van der Waals surface area contributed by atoms with Crippen LogP contribution in [0.4, 0.5) is 0 Å². The number of carbonyl (C=O) groups is 1. The molecule has 1 amide bonds. The predicted octanol–water partition coefficient (Wildman–Crippen LogP) is 1.24. The average molecular weight is 198 g/mol. The maximum absolute atomic E-state index is 11.9. The topological polar surface area (TPSA) is 32.3 Å². The summed E-state index contributed by atoms with van der Waals surface area (Å²) in [6.07, 6.45) is 1.12. The number of nitrogens with one attached hydrogen (secondary N) is 1. The molecule has 3 nitrogen and oxygen atoms in total. The summed E-state index contributed by atoms with van der Waals surface area (Å²) in [5, 5.41) is 3.04.